The van der Waals surface area contributed by atoms with Gasteiger partial charge >= 0.3 is 0 Å². The van der Waals surface area contributed by atoms with Crippen LogP contribution in [-0.4, -0.2) is 31.3 Å². The van der Waals surface area contributed by atoms with Crippen molar-refractivity contribution in [3.05, 3.63) is 0 Å². The van der Waals surface area contributed by atoms with E-state index in [1.807, 2.05) is 0 Å². The summed E-state index contributed by atoms with van der Waals surface area (Å²) in [5.41, 5.74) is -0.945. The van der Waals surface area contributed by atoms with E-state index in [1.165, 1.54) is 6.42 Å². The molecular formula is C11H21FN2. The second kappa shape index (κ2) is 4.15. The summed E-state index contributed by atoms with van der Waals surface area (Å²) >= 11 is 0. The van der Waals surface area contributed by atoms with Crippen LogP contribution in [0.1, 0.15) is 32.6 Å². The van der Waals surface area contributed by atoms with Crippen molar-refractivity contribution in [3.8, 4) is 0 Å². The lowest BCUT2D eigenvalue weighted by atomic mass is 9.79. The minimum atomic E-state index is -0.945. The summed E-state index contributed by atoms with van der Waals surface area (Å²) in [5.74, 6) is 0.684. The Labute approximate surface area is 85.6 Å². The molecule has 0 amide bonds. The first-order valence-electron chi connectivity index (χ1n) is 5.84. The molecule has 2 nitrogen and oxygen atoms in total. The normalized spacial score (nSPS) is 38.1. The summed E-state index contributed by atoms with van der Waals surface area (Å²) in [5, 5.41) is 6.58. The van der Waals surface area contributed by atoms with E-state index in [4.69, 9.17) is 0 Å². The van der Waals surface area contributed by atoms with Crippen molar-refractivity contribution >= 4 is 0 Å². The second-order valence-electron chi connectivity index (χ2n) is 4.92. The van der Waals surface area contributed by atoms with Gasteiger partial charge in [0.15, 0.2) is 0 Å². The number of hydrogen-bond acceptors (Lipinski definition) is 2. The monoisotopic (exact) mass is 200 g/mol. The zero-order valence-electron chi connectivity index (χ0n) is 8.98. The molecule has 2 aliphatic heterocycles. The Balaban J connectivity index is 1.97. The lowest BCUT2D eigenvalue weighted by molar-refractivity contribution is 0.0455. The Bertz CT molecular complexity index is 190. The van der Waals surface area contributed by atoms with Crippen LogP contribution < -0.4 is 10.6 Å². The van der Waals surface area contributed by atoms with Crippen molar-refractivity contribution in [2.24, 2.45) is 5.92 Å². The highest BCUT2D eigenvalue weighted by atomic mass is 19.1. The van der Waals surface area contributed by atoms with E-state index < -0.39 is 5.67 Å². The van der Waals surface area contributed by atoms with Crippen LogP contribution >= 0.6 is 0 Å². The summed E-state index contributed by atoms with van der Waals surface area (Å²) in [6.07, 6.45) is 3.57. The molecule has 2 unspecified atom stereocenters. The average molecular weight is 200 g/mol. The van der Waals surface area contributed by atoms with E-state index >= 15 is 0 Å². The molecule has 2 aliphatic rings. The van der Waals surface area contributed by atoms with Crippen LogP contribution in [0.3, 0.4) is 0 Å². The molecule has 14 heavy (non-hydrogen) atoms. The second-order valence-corrected chi connectivity index (χ2v) is 4.92. The maximum Gasteiger partial charge on any atom is 0.128 e. The average Bonchev–Trinajstić information content (AvgIpc) is 2.19. The van der Waals surface area contributed by atoms with Gasteiger partial charge in [0.05, 0.1) is 0 Å². The van der Waals surface area contributed by atoms with Crippen molar-refractivity contribution in [3.63, 3.8) is 0 Å². The molecule has 0 spiro atoms. The molecular weight excluding hydrogens is 179 g/mol. The first kappa shape index (κ1) is 10.4. The molecule has 0 saturated carbocycles. The molecule has 2 rings (SSSR count). The van der Waals surface area contributed by atoms with Crippen LogP contribution in [0, 0.1) is 5.92 Å². The Morgan fingerprint density at radius 3 is 2.57 bits per heavy atom. The number of piperidine rings is 2. The van der Waals surface area contributed by atoms with Gasteiger partial charge in [0.2, 0.25) is 0 Å². The summed E-state index contributed by atoms with van der Waals surface area (Å²) in [6.45, 7) is 4.90. The van der Waals surface area contributed by atoms with Crippen molar-refractivity contribution in [2.75, 3.05) is 19.6 Å². The van der Waals surface area contributed by atoms with Gasteiger partial charge in [0.1, 0.15) is 5.67 Å². The molecule has 82 valence electrons. The molecule has 2 N–H and O–H groups in total. The molecule has 0 aromatic carbocycles. The predicted molar refractivity (Wildman–Crippen MR) is 56.1 cm³/mol. The van der Waals surface area contributed by atoms with Crippen LogP contribution in [0.2, 0.25) is 0 Å². The summed E-state index contributed by atoms with van der Waals surface area (Å²) in [7, 11) is 0. The fourth-order valence-corrected chi connectivity index (χ4v) is 2.69. The third-order valence-electron chi connectivity index (χ3n) is 3.73. The Morgan fingerprint density at radius 1 is 1.21 bits per heavy atom. The van der Waals surface area contributed by atoms with Crippen LogP contribution in [-0.2, 0) is 0 Å². The summed E-state index contributed by atoms with van der Waals surface area (Å²) in [6, 6.07) is 0.105. The van der Waals surface area contributed by atoms with Crippen molar-refractivity contribution < 1.29 is 4.39 Å². The van der Waals surface area contributed by atoms with Gasteiger partial charge in [-0.25, -0.2) is 4.39 Å². The van der Waals surface area contributed by atoms with Crippen LogP contribution in [0.5, 0.6) is 0 Å². The molecule has 0 aromatic rings. The molecule has 2 saturated heterocycles. The third kappa shape index (κ3) is 2.09. The summed E-state index contributed by atoms with van der Waals surface area (Å²) < 4.78 is 14.5. The zero-order chi connectivity index (χ0) is 10.0. The molecule has 2 atom stereocenters. The number of rotatable bonds is 1. The van der Waals surface area contributed by atoms with Gasteiger partial charge in [-0.15, -0.1) is 0 Å². The Morgan fingerprint density at radius 2 is 1.93 bits per heavy atom. The maximum atomic E-state index is 14.5. The van der Waals surface area contributed by atoms with E-state index in [0.29, 0.717) is 18.8 Å². The quantitative estimate of drug-likeness (QED) is 0.669. The molecule has 0 aliphatic carbocycles. The molecule has 2 heterocycles. The fraction of sp³-hybridized carbons (Fsp3) is 1.00. The predicted octanol–water partition coefficient (Wildman–Crippen LogP) is 1.47. The summed E-state index contributed by atoms with van der Waals surface area (Å²) in [4.78, 5) is 0. The number of alkyl halides is 1. The SMILES string of the molecule is CC1CCNC(C2(F)CCNCC2)C1. The van der Waals surface area contributed by atoms with Gasteiger partial charge < -0.3 is 10.6 Å². The number of nitrogens with one attached hydrogen (secondary N) is 2. The van der Waals surface area contributed by atoms with Gasteiger partial charge in [0, 0.05) is 6.04 Å². The highest BCUT2D eigenvalue weighted by Gasteiger charge is 2.41. The minimum Gasteiger partial charge on any atom is -0.316 e. The highest BCUT2D eigenvalue weighted by Crippen LogP contribution is 2.32. The molecule has 0 bridgehead atoms. The lowest BCUT2D eigenvalue weighted by Crippen LogP contribution is -2.55. The van der Waals surface area contributed by atoms with Gasteiger partial charge in [-0.3, -0.25) is 0 Å². The van der Waals surface area contributed by atoms with E-state index in [2.05, 4.69) is 17.6 Å². The van der Waals surface area contributed by atoms with Gasteiger partial charge in [-0.2, -0.15) is 0 Å². The first-order valence-corrected chi connectivity index (χ1v) is 5.84. The highest BCUT2D eigenvalue weighted by molar-refractivity contribution is 4.97. The first-order chi connectivity index (χ1) is 6.71. The standard InChI is InChI=1S/C11H21FN2/c1-9-2-5-14-10(8-9)11(12)3-6-13-7-4-11/h9-10,13-14H,2-8H2,1H3. The number of halogens is 1. The van der Waals surface area contributed by atoms with Crippen molar-refractivity contribution in [1.82, 2.24) is 10.6 Å². The topological polar surface area (TPSA) is 24.1 Å². The Kier molecular flexibility index (Phi) is 3.07. The molecule has 3 heteroatoms. The third-order valence-corrected chi connectivity index (χ3v) is 3.73. The van der Waals surface area contributed by atoms with Gasteiger partial charge in [-0.1, -0.05) is 6.92 Å². The van der Waals surface area contributed by atoms with Crippen LogP contribution in [0.25, 0.3) is 0 Å². The van der Waals surface area contributed by atoms with E-state index in [-0.39, 0.29) is 6.04 Å². The Hall–Kier alpha value is -0.150. The fourth-order valence-electron chi connectivity index (χ4n) is 2.69. The van der Waals surface area contributed by atoms with Crippen molar-refractivity contribution in [2.45, 2.75) is 44.3 Å². The van der Waals surface area contributed by atoms with E-state index in [9.17, 15) is 4.39 Å². The largest absolute Gasteiger partial charge is 0.316 e. The molecule has 0 aromatic heterocycles. The van der Waals surface area contributed by atoms with Crippen LogP contribution in [0.4, 0.5) is 4.39 Å². The smallest absolute Gasteiger partial charge is 0.128 e. The van der Waals surface area contributed by atoms with Gasteiger partial charge in [0.25, 0.3) is 0 Å². The minimum absolute atomic E-state index is 0.105. The van der Waals surface area contributed by atoms with Gasteiger partial charge in [-0.05, 0) is 51.2 Å². The van der Waals surface area contributed by atoms with Crippen molar-refractivity contribution in [1.29, 1.82) is 0 Å². The number of hydrogen-bond donors (Lipinski definition) is 2. The van der Waals surface area contributed by atoms with E-state index in [1.54, 1.807) is 0 Å². The lowest BCUT2D eigenvalue weighted by Gasteiger charge is -2.41. The molecule has 2 fully saturated rings. The van der Waals surface area contributed by atoms with E-state index in [0.717, 1.165) is 26.1 Å². The maximum absolute atomic E-state index is 14.5. The van der Waals surface area contributed by atoms with Crippen LogP contribution in [0.15, 0.2) is 0 Å². The molecule has 0 radical (unpaired) electrons. The zero-order valence-corrected chi connectivity index (χ0v) is 8.98.